The molecule has 3 heterocycles. The first-order chi connectivity index (χ1) is 12.6. The minimum Gasteiger partial charge on any atom is -0.489 e. The smallest absolute Gasteiger partial charge is 0.198 e. The summed E-state index contributed by atoms with van der Waals surface area (Å²) in [5, 5.41) is 10.3. The van der Waals surface area contributed by atoms with E-state index >= 15 is 0 Å². The Morgan fingerprint density at radius 1 is 1.31 bits per heavy atom. The molecule has 26 heavy (non-hydrogen) atoms. The standard InChI is InChI=1S/C18H19ClN4O2S/c1-12-8-23(9-13-7-14(19)3-5-16(13)24-12)10-15-4-6-17(25-15)26-18-21-20-11-22(18)2/h3-7,11-12H,8-10H2,1-2H3. The highest BCUT2D eigenvalue weighted by Gasteiger charge is 2.21. The zero-order valence-electron chi connectivity index (χ0n) is 14.6. The summed E-state index contributed by atoms with van der Waals surface area (Å²) in [5.74, 6) is 1.81. The fraction of sp³-hybridized carbons (Fsp3) is 0.333. The van der Waals surface area contributed by atoms with Crippen LogP contribution in [-0.2, 0) is 20.1 Å². The molecular weight excluding hydrogens is 372 g/mol. The molecule has 0 radical (unpaired) electrons. The highest BCUT2D eigenvalue weighted by molar-refractivity contribution is 7.99. The third kappa shape index (κ3) is 3.90. The van der Waals surface area contributed by atoms with Crippen molar-refractivity contribution in [1.29, 1.82) is 0 Å². The van der Waals surface area contributed by atoms with Gasteiger partial charge in [0.2, 0.25) is 0 Å². The minimum atomic E-state index is 0.0971. The predicted molar refractivity (Wildman–Crippen MR) is 99.5 cm³/mol. The molecule has 1 atom stereocenters. The maximum absolute atomic E-state index is 6.15. The summed E-state index contributed by atoms with van der Waals surface area (Å²) in [6, 6.07) is 9.76. The number of fused-ring (bicyclic) bond motifs is 1. The van der Waals surface area contributed by atoms with E-state index in [4.69, 9.17) is 20.8 Å². The van der Waals surface area contributed by atoms with Crippen LogP contribution >= 0.6 is 23.4 Å². The zero-order valence-corrected chi connectivity index (χ0v) is 16.1. The number of halogens is 1. The lowest BCUT2D eigenvalue weighted by Gasteiger charge is -2.20. The van der Waals surface area contributed by atoms with E-state index in [1.165, 1.54) is 11.8 Å². The monoisotopic (exact) mass is 390 g/mol. The summed E-state index contributed by atoms with van der Waals surface area (Å²) in [6.45, 7) is 4.37. The summed E-state index contributed by atoms with van der Waals surface area (Å²) in [5.41, 5.74) is 1.10. The fourth-order valence-corrected chi connectivity index (χ4v) is 3.94. The number of aromatic nitrogens is 3. The SMILES string of the molecule is CC1CN(Cc2ccc(Sc3nncn3C)o2)Cc2cc(Cl)ccc2O1. The van der Waals surface area contributed by atoms with Crippen molar-refractivity contribution in [2.75, 3.05) is 6.54 Å². The molecule has 8 heteroatoms. The Hall–Kier alpha value is -1.96. The van der Waals surface area contributed by atoms with Gasteiger partial charge in [0, 0.05) is 30.7 Å². The van der Waals surface area contributed by atoms with Crippen molar-refractivity contribution in [3.05, 3.63) is 53.0 Å². The van der Waals surface area contributed by atoms with Gasteiger partial charge in [-0.25, -0.2) is 0 Å². The zero-order chi connectivity index (χ0) is 18.1. The van der Waals surface area contributed by atoms with Gasteiger partial charge >= 0.3 is 0 Å². The number of benzene rings is 1. The van der Waals surface area contributed by atoms with Crippen molar-refractivity contribution in [3.8, 4) is 5.75 Å². The van der Waals surface area contributed by atoms with Gasteiger partial charge < -0.3 is 13.7 Å². The van der Waals surface area contributed by atoms with Crippen molar-refractivity contribution >= 4 is 23.4 Å². The van der Waals surface area contributed by atoms with Crippen LogP contribution in [0.25, 0.3) is 0 Å². The van der Waals surface area contributed by atoms with Crippen LogP contribution in [0.4, 0.5) is 0 Å². The molecule has 0 amide bonds. The van der Waals surface area contributed by atoms with E-state index in [0.29, 0.717) is 6.54 Å². The third-order valence-corrected chi connectivity index (χ3v) is 5.35. The van der Waals surface area contributed by atoms with Crippen LogP contribution in [0.15, 0.2) is 51.3 Å². The lowest BCUT2D eigenvalue weighted by atomic mass is 10.2. The van der Waals surface area contributed by atoms with Crippen molar-refractivity contribution in [1.82, 2.24) is 19.7 Å². The molecule has 1 unspecified atom stereocenters. The fourth-order valence-electron chi connectivity index (χ4n) is 3.00. The number of hydrogen-bond donors (Lipinski definition) is 0. The Bertz CT molecular complexity index is 910. The largest absolute Gasteiger partial charge is 0.489 e. The second-order valence-electron chi connectivity index (χ2n) is 6.40. The van der Waals surface area contributed by atoms with Crippen molar-refractivity contribution in [2.45, 2.75) is 36.4 Å². The normalized spacial score (nSPS) is 17.6. The molecule has 4 rings (SSSR count). The van der Waals surface area contributed by atoms with Gasteiger partial charge in [-0.15, -0.1) is 10.2 Å². The molecule has 0 fully saturated rings. The summed E-state index contributed by atoms with van der Waals surface area (Å²) in [7, 11) is 1.91. The molecule has 136 valence electrons. The Morgan fingerprint density at radius 3 is 3.00 bits per heavy atom. The maximum Gasteiger partial charge on any atom is 0.198 e. The highest BCUT2D eigenvalue weighted by atomic mass is 35.5. The lowest BCUT2D eigenvalue weighted by Crippen LogP contribution is -2.30. The maximum atomic E-state index is 6.15. The second kappa shape index (κ2) is 7.34. The summed E-state index contributed by atoms with van der Waals surface area (Å²) in [6.07, 6.45) is 1.77. The van der Waals surface area contributed by atoms with Gasteiger partial charge in [-0.1, -0.05) is 11.6 Å². The molecule has 0 spiro atoms. The quantitative estimate of drug-likeness (QED) is 0.671. The van der Waals surface area contributed by atoms with Crippen molar-refractivity contribution in [2.24, 2.45) is 7.05 Å². The summed E-state index contributed by atoms with van der Waals surface area (Å²) in [4.78, 5) is 2.31. The molecule has 0 saturated carbocycles. The Labute approximate surface area is 161 Å². The van der Waals surface area contributed by atoms with E-state index in [9.17, 15) is 0 Å². The van der Waals surface area contributed by atoms with Gasteiger partial charge in [-0.3, -0.25) is 4.90 Å². The van der Waals surface area contributed by atoms with Gasteiger partial charge in [0.25, 0.3) is 0 Å². The van der Waals surface area contributed by atoms with Crippen LogP contribution in [-0.4, -0.2) is 32.3 Å². The highest BCUT2D eigenvalue weighted by Crippen LogP contribution is 2.30. The molecule has 1 aliphatic rings. The average molecular weight is 391 g/mol. The first-order valence-corrected chi connectivity index (χ1v) is 9.54. The number of aryl methyl sites for hydroxylation is 1. The topological polar surface area (TPSA) is 56.3 Å². The number of hydrogen-bond acceptors (Lipinski definition) is 6. The Morgan fingerprint density at radius 2 is 2.19 bits per heavy atom. The predicted octanol–water partition coefficient (Wildman–Crippen LogP) is 4.00. The molecule has 0 N–H and O–H groups in total. The summed E-state index contributed by atoms with van der Waals surface area (Å²) < 4.78 is 13.9. The summed E-state index contributed by atoms with van der Waals surface area (Å²) >= 11 is 7.61. The molecule has 1 aliphatic heterocycles. The second-order valence-corrected chi connectivity index (χ2v) is 7.81. The van der Waals surface area contributed by atoms with Crippen LogP contribution in [0.2, 0.25) is 5.02 Å². The molecule has 3 aromatic rings. The van der Waals surface area contributed by atoms with Crippen LogP contribution in [0.3, 0.4) is 0 Å². The van der Waals surface area contributed by atoms with E-state index in [0.717, 1.165) is 45.4 Å². The number of nitrogens with zero attached hydrogens (tertiary/aromatic N) is 4. The molecule has 1 aromatic carbocycles. The van der Waals surface area contributed by atoms with Gasteiger partial charge in [0.1, 0.15) is 23.9 Å². The average Bonchev–Trinajstić information content (AvgIpc) is 3.15. The molecule has 6 nitrogen and oxygen atoms in total. The van der Waals surface area contributed by atoms with Crippen LogP contribution in [0.5, 0.6) is 5.75 Å². The van der Waals surface area contributed by atoms with Gasteiger partial charge in [-0.2, -0.15) is 0 Å². The van der Waals surface area contributed by atoms with Gasteiger partial charge in [0.05, 0.1) is 6.54 Å². The Balaban J connectivity index is 1.47. The van der Waals surface area contributed by atoms with Gasteiger partial charge in [0.15, 0.2) is 10.2 Å². The first kappa shape index (κ1) is 17.5. The van der Waals surface area contributed by atoms with Crippen molar-refractivity contribution in [3.63, 3.8) is 0 Å². The van der Waals surface area contributed by atoms with Crippen LogP contribution in [0, 0.1) is 0 Å². The molecule has 2 aromatic heterocycles. The molecule has 0 aliphatic carbocycles. The van der Waals surface area contributed by atoms with E-state index in [2.05, 4.69) is 22.0 Å². The minimum absolute atomic E-state index is 0.0971. The van der Waals surface area contributed by atoms with Crippen molar-refractivity contribution < 1.29 is 9.15 Å². The molecule has 0 saturated heterocycles. The van der Waals surface area contributed by atoms with E-state index in [1.54, 1.807) is 6.33 Å². The molecular formula is C18H19ClN4O2S. The van der Waals surface area contributed by atoms with Crippen LogP contribution in [0.1, 0.15) is 18.2 Å². The van der Waals surface area contributed by atoms with Crippen LogP contribution < -0.4 is 4.74 Å². The number of rotatable bonds is 4. The molecule has 0 bridgehead atoms. The number of furan rings is 1. The van der Waals surface area contributed by atoms with E-state index in [1.807, 2.05) is 41.9 Å². The van der Waals surface area contributed by atoms with E-state index in [-0.39, 0.29) is 6.10 Å². The van der Waals surface area contributed by atoms with E-state index < -0.39 is 0 Å². The van der Waals surface area contributed by atoms with Gasteiger partial charge in [-0.05, 0) is 49.0 Å². The number of ether oxygens (including phenoxy) is 1. The third-order valence-electron chi connectivity index (χ3n) is 4.14. The Kier molecular flexibility index (Phi) is 4.93. The lowest BCUT2D eigenvalue weighted by molar-refractivity contribution is 0.148. The first-order valence-electron chi connectivity index (χ1n) is 8.35.